The second-order valence-corrected chi connectivity index (χ2v) is 4.06. The number of aryl methyl sites for hydroxylation is 1. The first-order valence-corrected chi connectivity index (χ1v) is 5.87. The molecule has 0 aliphatic heterocycles. The second kappa shape index (κ2) is 5.15. The third kappa shape index (κ3) is 2.26. The molecule has 2 aromatic rings. The Hall–Kier alpha value is -1.31. The van der Waals surface area contributed by atoms with E-state index in [1.54, 1.807) is 0 Å². The number of rotatable bonds is 1. The molecule has 1 aromatic carbocycles. The maximum atomic E-state index is 13.8. The predicted molar refractivity (Wildman–Crippen MR) is 68.4 cm³/mol. The van der Waals surface area contributed by atoms with Gasteiger partial charge in [0.15, 0.2) is 5.82 Å². The fourth-order valence-corrected chi connectivity index (χ4v) is 1.69. The van der Waals surface area contributed by atoms with Crippen molar-refractivity contribution < 1.29 is 4.39 Å². The van der Waals surface area contributed by atoms with Gasteiger partial charge in [-0.25, -0.2) is 4.39 Å². The maximum Gasteiger partial charge on any atom is 0.151 e. The van der Waals surface area contributed by atoms with Crippen molar-refractivity contribution in [1.82, 2.24) is 4.98 Å². The van der Waals surface area contributed by atoms with Crippen LogP contribution < -0.4 is 0 Å². The molecule has 2 rings (SSSR count). The average Bonchev–Trinajstić information content (AvgIpc) is 2.59. The summed E-state index contributed by atoms with van der Waals surface area (Å²) in [4.78, 5) is 3.12. The van der Waals surface area contributed by atoms with Crippen molar-refractivity contribution >= 4 is 10.9 Å². The Labute approximate surface area is 96.7 Å². The minimum absolute atomic E-state index is 0.0984. The van der Waals surface area contributed by atoms with Crippen molar-refractivity contribution in [2.45, 2.75) is 40.5 Å². The van der Waals surface area contributed by atoms with Crippen LogP contribution in [0.5, 0.6) is 0 Å². The first-order valence-electron chi connectivity index (χ1n) is 5.87. The Balaban J connectivity index is 0.000000606. The third-order valence-corrected chi connectivity index (χ3v) is 2.49. The van der Waals surface area contributed by atoms with Crippen LogP contribution in [0.15, 0.2) is 18.2 Å². The lowest BCUT2D eigenvalue weighted by Gasteiger charge is -1.99. The smallest absolute Gasteiger partial charge is 0.151 e. The molecule has 1 heterocycles. The van der Waals surface area contributed by atoms with Gasteiger partial charge in [0.2, 0.25) is 0 Å². The van der Waals surface area contributed by atoms with E-state index in [9.17, 15) is 4.39 Å². The number of benzene rings is 1. The molecular formula is C14H20FN. The lowest BCUT2D eigenvalue weighted by atomic mass is 10.1. The van der Waals surface area contributed by atoms with Crippen molar-refractivity contribution in [2.75, 3.05) is 0 Å². The zero-order valence-corrected chi connectivity index (χ0v) is 10.7. The highest BCUT2D eigenvalue weighted by Crippen LogP contribution is 2.26. The Bertz CT molecular complexity index is 469. The van der Waals surface area contributed by atoms with Crippen LogP contribution in [-0.4, -0.2) is 4.98 Å². The summed E-state index contributed by atoms with van der Waals surface area (Å²) in [5, 5.41) is 0.703. The van der Waals surface area contributed by atoms with Crippen molar-refractivity contribution in [3.05, 3.63) is 35.3 Å². The first kappa shape index (κ1) is 12.8. The number of aromatic amines is 1. The van der Waals surface area contributed by atoms with E-state index >= 15 is 0 Å². The standard InChI is InChI=1S/C12H14FN.C2H6/c1-7(2)12-11(13)9-6-8(3)4-5-10(9)14-12;1-2/h4-7,14H,1-3H3;1-2H3. The molecule has 0 aliphatic carbocycles. The molecule has 16 heavy (non-hydrogen) atoms. The van der Waals surface area contributed by atoms with Crippen LogP contribution in [0, 0.1) is 12.7 Å². The number of halogens is 1. The number of fused-ring (bicyclic) bond motifs is 1. The van der Waals surface area contributed by atoms with Crippen molar-refractivity contribution in [3.8, 4) is 0 Å². The van der Waals surface area contributed by atoms with E-state index in [2.05, 4.69) is 4.98 Å². The van der Waals surface area contributed by atoms with Crippen LogP contribution in [0.3, 0.4) is 0 Å². The van der Waals surface area contributed by atoms with Gasteiger partial charge in [0, 0.05) is 10.9 Å². The summed E-state index contributed by atoms with van der Waals surface area (Å²) in [5.41, 5.74) is 2.67. The summed E-state index contributed by atoms with van der Waals surface area (Å²) in [7, 11) is 0. The normalized spacial score (nSPS) is 10.4. The highest BCUT2D eigenvalue weighted by Gasteiger charge is 2.13. The number of hydrogen-bond acceptors (Lipinski definition) is 0. The molecule has 0 saturated carbocycles. The molecule has 88 valence electrons. The highest BCUT2D eigenvalue weighted by molar-refractivity contribution is 5.82. The maximum absolute atomic E-state index is 13.8. The minimum Gasteiger partial charge on any atom is -0.356 e. The zero-order chi connectivity index (χ0) is 12.3. The molecule has 0 fully saturated rings. The molecular weight excluding hydrogens is 201 g/mol. The van der Waals surface area contributed by atoms with E-state index in [1.165, 1.54) is 0 Å². The topological polar surface area (TPSA) is 15.8 Å². The summed E-state index contributed by atoms with van der Waals surface area (Å²) < 4.78 is 13.8. The molecule has 0 spiro atoms. The molecule has 1 nitrogen and oxygen atoms in total. The predicted octanol–water partition coefficient (Wildman–Crippen LogP) is 4.77. The van der Waals surface area contributed by atoms with Crippen molar-refractivity contribution in [3.63, 3.8) is 0 Å². The van der Waals surface area contributed by atoms with Crippen LogP contribution in [0.25, 0.3) is 10.9 Å². The molecule has 0 saturated heterocycles. The monoisotopic (exact) mass is 221 g/mol. The van der Waals surface area contributed by atoms with Crippen LogP contribution in [0.1, 0.15) is 44.9 Å². The number of H-pyrrole nitrogens is 1. The van der Waals surface area contributed by atoms with Gasteiger partial charge in [-0.1, -0.05) is 39.3 Å². The van der Waals surface area contributed by atoms with Crippen LogP contribution in [-0.2, 0) is 0 Å². The Kier molecular flexibility index (Phi) is 4.11. The van der Waals surface area contributed by atoms with Gasteiger partial charge in [-0.05, 0) is 25.0 Å². The average molecular weight is 221 g/mol. The molecule has 0 unspecified atom stereocenters. The third-order valence-electron chi connectivity index (χ3n) is 2.49. The Morgan fingerprint density at radius 1 is 1.19 bits per heavy atom. The Morgan fingerprint density at radius 2 is 1.81 bits per heavy atom. The van der Waals surface area contributed by atoms with E-state index in [1.807, 2.05) is 52.8 Å². The molecule has 0 bridgehead atoms. The molecule has 0 radical (unpaired) electrons. The first-order chi connectivity index (χ1) is 7.59. The molecule has 0 atom stereocenters. The van der Waals surface area contributed by atoms with Crippen molar-refractivity contribution in [1.29, 1.82) is 0 Å². The fourth-order valence-electron chi connectivity index (χ4n) is 1.69. The van der Waals surface area contributed by atoms with E-state index in [4.69, 9.17) is 0 Å². The van der Waals surface area contributed by atoms with Gasteiger partial charge >= 0.3 is 0 Å². The van der Waals surface area contributed by atoms with Gasteiger partial charge in [-0.3, -0.25) is 0 Å². The minimum atomic E-state index is -0.0984. The van der Waals surface area contributed by atoms with Gasteiger partial charge in [0.1, 0.15) is 0 Å². The quantitative estimate of drug-likeness (QED) is 0.714. The Morgan fingerprint density at radius 3 is 2.38 bits per heavy atom. The van der Waals surface area contributed by atoms with E-state index in [-0.39, 0.29) is 11.7 Å². The molecule has 1 N–H and O–H groups in total. The van der Waals surface area contributed by atoms with Gasteiger partial charge in [0.25, 0.3) is 0 Å². The fraction of sp³-hybridized carbons (Fsp3) is 0.429. The van der Waals surface area contributed by atoms with Crippen LogP contribution in [0.4, 0.5) is 4.39 Å². The number of aromatic nitrogens is 1. The number of hydrogen-bond donors (Lipinski definition) is 1. The van der Waals surface area contributed by atoms with E-state index in [0.717, 1.165) is 11.1 Å². The van der Waals surface area contributed by atoms with Gasteiger partial charge < -0.3 is 4.98 Å². The van der Waals surface area contributed by atoms with Gasteiger partial charge in [-0.15, -0.1) is 0 Å². The lowest BCUT2D eigenvalue weighted by molar-refractivity contribution is 0.605. The number of nitrogens with one attached hydrogen (secondary N) is 1. The van der Waals surface area contributed by atoms with Gasteiger partial charge in [-0.2, -0.15) is 0 Å². The SMILES string of the molecule is CC.Cc1ccc2[nH]c(C(C)C)c(F)c2c1. The second-order valence-electron chi connectivity index (χ2n) is 4.06. The van der Waals surface area contributed by atoms with Gasteiger partial charge in [0.05, 0.1) is 5.69 Å². The summed E-state index contributed by atoms with van der Waals surface area (Å²) in [6.07, 6.45) is 0. The van der Waals surface area contributed by atoms with E-state index in [0.29, 0.717) is 11.1 Å². The summed E-state index contributed by atoms with van der Waals surface area (Å²) in [6, 6.07) is 5.80. The molecule has 0 amide bonds. The highest BCUT2D eigenvalue weighted by atomic mass is 19.1. The lowest BCUT2D eigenvalue weighted by Crippen LogP contribution is -1.89. The molecule has 1 aromatic heterocycles. The van der Waals surface area contributed by atoms with Crippen molar-refractivity contribution in [2.24, 2.45) is 0 Å². The van der Waals surface area contributed by atoms with Crippen LogP contribution in [0.2, 0.25) is 0 Å². The summed E-state index contributed by atoms with van der Waals surface area (Å²) in [6.45, 7) is 9.95. The summed E-state index contributed by atoms with van der Waals surface area (Å²) in [5.74, 6) is 0.0985. The largest absolute Gasteiger partial charge is 0.356 e. The van der Waals surface area contributed by atoms with E-state index < -0.39 is 0 Å². The zero-order valence-electron chi connectivity index (χ0n) is 10.7. The van der Waals surface area contributed by atoms with Crippen LogP contribution >= 0.6 is 0 Å². The molecule has 2 heteroatoms. The summed E-state index contributed by atoms with van der Waals surface area (Å²) >= 11 is 0. The molecule has 0 aliphatic rings.